The quantitative estimate of drug-likeness (QED) is 0.265. The zero-order chi connectivity index (χ0) is 21.1. The lowest BCUT2D eigenvalue weighted by molar-refractivity contribution is 0.218. The molecule has 1 heterocycles. The number of rotatable bonds is 11. The Labute approximate surface area is 197 Å². The summed E-state index contributed by atoms with van der Waals surface area (Å²) >= 11 is 0. The molecule has 9 heteroatoms. The molecule has 0 spiro atoms. The molecule has 1 unspecified atom stereocenters. The van der Waals surface area contributed by atoms with Gasteiger partial charge in [-0.05, 0) is 30.8 Å². The zero-order valence-corrected chi connectivity index (χ0v) is 21.1. The molecule has 2 N–H and O–H groups in total. The van der Waals surface area contributed by atoms with Gasteiger partial charge in [0.05, 0.1) is 13.2 Å². The number of nitrogens with one attached hydrogen (secondary N) is 2. The highest BCUT2D eigenvalue weighted by Gasteiger charge is 2.19. The van der Waals surface area contributed by atoms with Crippen LogP contribution in [-0.4, -0.2) is 66.0 Å². The lowest BCUT2D eigenvalue weighted by atomic mass is 10.0. The van der Waals surface area contributed by atoms with Crippen molar-refractivity contribution < 1.29 is 4.74 Å². The second-order valence-corrected chi connectivity index (χ2v) is 6.69. The normalized spacial score (nSPS) is 12.4. The third kappa shape index (κ3) is 7.42. The molecule has 2 aromatic rings. The molecule has 0 bridgehead atoms. The Morgan fingerprint density at radius 2 is 2.00 bits per heavy atom. The lowest BCUT2D eigenvalue weighted by Crippen LogP contribution is -2.44. The van der Waals surface area contributed by atoms with E-state index in [9.17, 15) is 0 Å². The van der Waals surface area contributed by atoms with Gasteiger partial charge in [0.25, 0.3) is 0 Å². The Morgan fingerprint density at radius 1 is 1.23 bits per heavy atom. The number of hydrogen-bond acceptors (Lipinski definition) is 5. The fraction of sp³-hybridized carbons (Fsp3) is 0.571. The van der Waals surface area contributed by atoms with E-state index in [1.54, 1.807) is 20.5 Å². The molecule has 0 radical (unpaired) electrons. The van der Waals surface area contributed by atoms with Gasteiger partial charge in [0.1, 0.15) is 17.9 Å². The predicted octanol–water partition coefficient (Wildman–Crippen LogP) is 2.72. The Hall–Kier alpha value is -1.88. The molecule has 0 aliphatic heterocycles. The fourth-order valence-corrected chi connectivity index (χ4v) is 3.42. The largest absolute Gasteiger partial charge is 0.497 e. The number of aromatic nitrogens is 3. The van der Waals surface area contributed by atoms with Crippen LogP contribution < -0.4 is 15.4 Å². The smallest absolute Gasteiger partial charge is 0.191 e. The third-order valence-corrected chi connectivity index (χ3v) is 5.08. The Kier molecular flexibility index (Phi) is 12.4. The number of aliphatic imine (C=N–C) groups is 1. The maximum absolute atomic E-state index is 5.42. The summed E-state index contributed by atoms with van der Waals surface area (Å²) < 4.78 is 7.48. The SMILES string of the molecule is CCc1nncn1CCNC(=NC)NCC(c1cccc(OC)c1)N(CC)CC.I. The molecule has 30 heavy (non-hydrogen) atoms. The molecule has 2 rings (SSSR count). The number of ether oxygens (including phenoxy) is 1. The summed E-state index contributed by atoms with van der Waals surface area (Å²) in [6.07, 6.45) is 2.65. The maximum atomic E-state index is 5.42. The van der Waals surface area contributed by atoms with Crippen LogP contribution in [0.4, 0.5) is 0 Å². The highest BCUT2D eigenvalue weighted by molar-refractivity contribution is 14.0. The number of nitrogens with zero attached hydrogens (tertiary/aromatic N) is 5. The van der Waals surface area contributed by atoms with Crippen LogP contribution in [0.15, 0.2) is 35.6 Å². The number of guanidine groups is 1. The van der Waals surface area contributed by atoms with Crippen LogP contribution in [0.3, 0.4) is 0 Å². The van der Waals surface area contributed by atoms with E-state index in [4.69, 9.17) is 4.74 Å². The summed E-state index contributed by atoms with van der Waals surface area (Å²) in [7, 11) is 3.50. The van der Waals surface area contributed by atoms with Crippen molar-refractivity contribution in [2.45, 2.75) is 39.8 Å². The summed E-state index contributed by atoms with van der Waals surface area (Å²) in [5.41, 5.74) is 1.23. The number of methoxy groups -OCH3 is 1. The molecule has 8 nitrogen and oxygen atoms in total. The van der Waals surface area contributed by atoms with Gasteiger partial charge in [-0.3, -0.25) is 9.89 Å². The van der Waals surface area contributed by atoms with Gasteiger partial charge in [-0.25, -0.2) is 0 Å². The van der Waals surface area contributed by atoms with Gasteiger partial charge in [-0.15, -0.1) is 34.2 Å². The monoisotopic (exact) mass is 529 g/mol. The first-order valence-electron chi connectivity index (χ1n) is 10.4. The van der Waals surface area contributed by atoms with E-state index in [0.29, 0.717) is 0 Å². The second kappa shape index (κ2) is 14.2. The fourth-order valence-electron chi connectivity index (χ4n) is 3.42. The molecule has 0 fully saturated rings. The van der Waals surface area contributed by atoms with Crippen molar-refractivity contribution in [2.75, 3.05) is 40.3 Å². The third-order valence-electron chi connectivity index (χ3n) is 5.08. The summed E-state index contributed by atoms with van der Waals surface area (Å²) in [5.74, 6) is 2.66. The van der Waals surface area contributed by atoms with Gasteiger partial charge in [0, 0.05) is 33.1 Å². The van der Waals surface area contributed by atoms with Gasteiger partial charge < -0.3 is 19.9 Å². The summed E-state index contributed by atoms with van der Waals surface area (Å²) in [4.78, 5) is 6.80. The molecule has 0 saturated heterocycles. The topological polar surface area (TPSA) is 79.6 Å². The highest BCUT2D eigenvalue weighted by atomic mass is 127. The number of benzene rings is 1. The summed E-state index contributed by atoms with van der Waals surface area (Å²) in [5, 5.41) is 15.0. The van der Waals surface area contributed by atoms with E-state index in [0.717, 1.165) is 56.7 Å². The van der Waals surface area contributed by atoms with Crippen LogP contribution in [0, 0.1) is 0 Å². The average Bonchev–Trinajstić information content (AvgIpc) is 3.22. The van der Waals surface area contributed by atoms with Crippen LogP contribution in [0.2, 0.25) is 0 Å². The van der Waals surface area contributed by atoms with Crippen molar-refractivity contribution in [3.05, 3.63) is 42.0 Å². The van der Waals surface area contributed by atoms with E-state index in [1.807, 2.05) is 12.1 Å². The molecule has 0 aliphatic rings. The van der Waals surface area contributed by atoms with Crippen LogP contribution in [0.5, 0.6) is 5.75 Å². The summed E-state index contributed by atoms with van der Waals surface area (Å²) in [6.45, 7) is 10.7. The molecule has 168 valence electrons. The van der Waals surface area contributed by atoms with Crippen molar-refractivity contribution in [3.63, 3.8) is 0 Å². The maximum Gasteiger partial charge on any atom is 0.191 e. The van der Waals surface area contributed by atoms with Gasteiger partial charge in [0.2, 0.25) is 0 Å². The van der Waals surface area contributed by atoms with E-state index in [-0.39, 0.29) is 30.0 Å². The Morgan fingerprint density at radius 3 is 2.63 bits per heavy atom. The van der Waals surface area contributed by atoms with E-state index < -0.39 is 0 Å². The van der Waals surface area contributed by atoms with Gasteiger partial charge in [-0.2, -0.15) is 0 Å². The molecule has 1 atom stereocenters. The minimum absolute atomic E-state index is 0. The van der Waals surface area contributed by atoms with Crippen LogP contribution in [-0.2, 0) is 13.0 Å². The molecule has 1 aromatic heterocycles. The number of likely N-dealkylation sites (N-methyl/N-ethyl adjacent to an activating group) is 1. The average molecular weight is 529 g/mol. The number of halogens is 1. The molecule has 0 saturated carbocycles. The molecular formula is C21H36IN7O. The zero-order valence-electron chi connectivity index (χ0n) is 18.8. The van der Waals surface area contributed by atoms with Crippen molar-refractivity contribution in [1.82, 2.24) is 30.3 Å². The number of hydrogen-bond donors (Lipinski definition) is 2. The molecule has 1 aromatic carbocycles. The van der Waals surface area contributed by atoms with E-state index in [2.05, 4.69) is 68.2 Å². The Balaban J connectivity index is 0.00000450. The summed E-state index contributed by atoms with van der Waals surface area (Å²) in [6, 6.07) is 8.51. The molecular weight excluding hydrogens is 493 g/mol. The van der Waals surface area contributed by atoms with Crippen molar-refractivity contribution in [1.29, 1.82) is 0 Å². The first kappa shape index (κ1) is 26.2. The first-order valence-corrected chi connectivity index (χ1v) is 10.4. The van der Waals surface area contributed by atoms with Gasteiger partial charge in [0.15, 0.2) is 5.96 Å². The standard InChI is InChI=1S/C21H35N7O.HI/c1-6-20-26-25-16-28(20)13-12-23-21(22-4)24-15-19(27(7-2)8-3)17-10-9-11-18(14-17)29-5;/h9-11,14,16,19H,6-8,12-13,15H2,1-5H3,(H2,22,23,24);1H. The Bertz CT molecular complexity index is 761. The van der Waals surface area contributed by atoms with Gasteiger partial charge in [-0.1, -0.05) is 32.9 Å². The predicted molar refractivity (Wildman–Crippen MR) is 133 cm³/mol. The van der Waals surface area contributed by atoms with Crippen molar-refractivity contribution in [2.24, 2.45) is 4.99 Å². The molecule has 0 amide bonds. The first-order chi connectivity index (χ1) is 14.2. The number of aryl methyl sites for hydroxylation is 1. The van der Waals surface area contributed by atoms with Crippen molar-refractivity contribution >= 4 is 29.9 Å². The highest BCUT2D eigenvalue weighted by Crippen LogP contribution is 2.23. The van der Waals surface area contributed by atoms with E-state index in [1.165, 1.54) is 5.56 Å². The second-order valence-electron chi connectivity index (χ2n) is 6.69. The van der Waals surface area contributed by atoms with Crippen LogP contribution in [0.1, 0.15) is 38.2 Å². The van der Waals surface area contributed by atoms with Crippen molar-refractivity contribution in [3.8, 4) is 5.75 Å². The minimum atomic E-state index is 0. The van der Waals surface area contributed by atoms with E-state index >= 15 is 0 Å². The van der Waals surface area contributed by atoms with Crippen LogP contribution >= 0.6 is 24.0 Å². The van der Waals surface area contributed by atoms with Gasteiger partial charge >= 0.3 is 0 Å². The minimum Gasteiger partial charge on any atom is -0.497 e. The van der Waals surface area contributed by atoms with Crippen LogP contribution in [0.25, 0.3) is 0 Å². The molecule has 0 aliphatic carbocycles. The lowest BCUT2D eigenvalue weighted by Gasteiger charge is -2.31.